The van der Waals surface area contributed by atoms with Gasteiger partial charge in [-0.1, -0.05) is 18.2 Å². The molecule has 1 N–H and O–H groups in total. The number of amides is 2. The minimum Gasteiger partial charge on any atom is -0.489 e. The molecule has 160 valence electrons. The van der Waals surface area contributed by atoms with Gasteiger partial charge in [0.15, 0.2) is 6.61 Å². The van der Waals surface area contributed by atoms with Crippen molar-refractivity contribution in [2.75, 3.05) is 25.0 Å². The van der Waals surface area contributed by atoms with E-state index in [2.05, 4.69) is 5.32 Å². The van der Waals surface area contributed by atoms with Crippen molar-refractivity contribution < 1.29 is 32.2 Å². The molecule has 1 fully saturated rings. The lowest BCUT2D eigenvalue weighted by Crippen LogP contribution is -2.33. The molecule has 0 atom stereocenters. The summed E-state index contributed by atoms with van der Waals surface area (Å²) < 4.78 is 47.2. The van der Waals surface area contributed by atoms with Gasteiger partial charge in [-0.2, -0.15) is 13.2 Å². The number of likely N-dealkylation sites (tertiary alicyclic amines) is 1. The highest BCUT2D eigenvalue weighted by Gasteiger charge is 2.28. The van der Waals surface area contributed by atoms with Crippen LogP contribution in [0.3, 0.4) is 0 Å². The minimum atomic E-state index is -4.40. The number of carbonyl (C=O) groups excluding carboxylic acids is 2. The molecule has 3 rings (SSSR count). The van der Waals surface area contributed by atoms with E-state index >= 15 is 0 Å². The summed E-state index contributed by atoms with van der Waals surface area (Å²) in [5.41, 5.74) is 1.16. The van der Waals surface area contributed by atoms with Crippen molar-refractivity contribution in [1.29, 1.82) is 0 Å². The van der Waals surface area contributed by atoms with Gasteiger partial charge in [-0.15, -0.1) is 0 Å². The quantitative estimate of drug-likeness (QED) is 0.703. The molecule has 2 aromatic carbocycles. The molecular formula is C21H21F3N2O4. The van der Waals surface area contributed by atoms with Crippen LogP contribution in [-0.2, 0) is 16.2 Å². The highest BCUT2D eigenvalue weighted by atomic mass is 19.4. The monoisotopic (exact) mass is 422 g/mol. The van der Waals surface area contributed by atoms with Crippen LogP contribution in [-0.4, -0.2) is 42.6 Å². The van der Waals surface area contributed by atoms with E-state index in [1.807, 2.05) is 0 Å². The van der Waals surface area contributed by atoms with Gasteiger partial charge in [0.2, 0.25) is 11.8 Å². The van der Waals surface area contributed by atoms with E-state index in [1.54, 1.807) is 36.4 Å². The third-order valence-electron chi connectivity index (χ3n) is 4.33. The second kappa shape index (κ2) is 9.51. The largest absolute Gasteiger partial charge is 0.489 e. The number of rotatable bonds is 8. The van der Waals surface area contributed by atoms with Gasteiger partial charge in [0.1, 0.15) is 18.1 Å². The molecule has 1 heterocycles. The number of halogens is 3. The summed E-state index contributed by atoms with van der Waals surface area (Å²) in [6.07, 6.45) is -3.17. The Balaban J connectivity index is 1.53. The van der Waals surface area contributed by atoms with Crippen molar-refractivity contribution in [2.45, 2.75) is 25.6 Å². The Morgan fingerprint density at radius 3 is 2.50 bits per heavy atom. The maximum absolute atomic E-state index is 12.3. The normalized spacial score (nSPS) is 14.0. The van der Waals surface area contributed by atoms with Crippen LogP contribution in [0.4, 0.5) is 18.9 Å². The summed E-state index contributed by atoms with van der Waals surface area (Å²) in [7, 11) is 0. The molecule has 1 aliphatic heterocycles. The zero-order chi connectivity index (χ0) is 21.6. The summed E-state index contributed by atoms with van der Waals surface area (Å²) in [6, 6.07) is 12.9. The van der Waals surface area contributed by atoms with E-state index < -0.39 is 12.8 Å². The third-order valence-corrected chi connectivity index (χ3v) is 4.33. The van der Waals surface area contributed by atoms with Gasteiger partial charge < -0.3 is 19.7 Å². The number of nitrogens with zero attached hydrogens (tertiary/aromatic N) is 1. The van der Waals surface area contributed by atoms with Gasteiger partial charge in [-0.05, 0) is 36.2 Å². The van der Waals surface area contributed by atoms with E-state index in [-0.39, 0.29) is 30.7 Å². The molecule has 0 radical (unpaired) electrons. The van der Waals surface area contributed by atoms with Crippen LogP contribution < -0.4 is 14.8 Å². The second-order valence-electron chi connectivity index (χ2n) is 6.83. The number of hydrogen-bond acceptors (Lipinski definition) is 4. The first kappa shape index (κ1) is 21.5. The molecule has 0 unspecified atom stereocenters. The molecule has 0 aliphatic carbocycles. The van der Waals surface area contributed by atoms with Crippen molar-refractivity contribution in [3.63, 3.8) is 0 Å². The summed E-state index contributed by atoms with van der Waals surface area (Å²) >= 11 is 0. The van der Waals surface area contributed by atoms with E-state index in [0.717, 1.165) is 6.42 Å². The molecule has 1 saturated heterocycles. The van der Waals surface area contributed by atoms with E-state index in [9.17, 15) is 22.8 Å². The van der Waals surface area contributed by atoms with Crippen LogP contribution in [0.5, 0.6) is 11.5 Å². The topological polar surface area (TPSA) is 67.9 Å². The molecule has 6 nitrogen and oxygen atoms in total. The van der Waals surface area contributed by atoms with E-state index in [4.69, 9.17) is 9.47 Å². The smallest absolute Gasteiger partial charge is 0.422 e. The maximum atomic E-state index is 12.3. The number of nitrogens with one attached hydrogen (secondary N) is 1. The Hall–Kier alpha value is -3.23. The molecule has 0 spiro atoms. The molecule has 0 aromatic heterocycles. The fraction of sp³-hybridized carbons (Fsp3) is 0.333. The third kappa shape index (κ3) is 6.68. The Bertz CT molecular complexity index is 902. The van der Waals surface area contributed by atoms with Crippen LogP contribution in [0, 0.1) is 0 Å². The van der Waals surface area contributed by atoms with Crippen molar-refractivity contribution in [3.8, 4) is 11.5 Å². The molecule has 0 saturated carbocycles. The second-order valence-corrected chi connectivity index (χ2v) is 6.83. The SMILES string of the molecule is O=C(CN1CCCC1=O)Nc1cccc(OCc2cccc(OCC(F)(F)F)c2)c1. The number of hydrogen-bond donors (Lipinski definition) is 1. The summed E-state index contributed by atoms with van der Waals surface area (Å²) in [6.45, 7) is -0.652. The summed E-state index contributed by atoms with van der Waals surface area (Å²) in [5, 5.41) is 2.73. The molecule has 30 heavy (non-hydrogen) atoms. The first-order valence-corrected chi connectivity index (χ1v) is 9.37. The van der Waals surface area contributed by atoms with E-state index in [0.29, 0.717) is 30.0 Å². The Morgan fingerprint density at radius 1 is 1.07 bits per heavy atom. The molecule has 2 amide bonds. The van der Waals surface area contributed by atoms with Gasteiger partial charge in [0.25, 0.3) is 0 Å². The first-order valence-electron chi connectivity index (χ1n) is 9.37. The molecule has 1 aliphatic rings. The highest BCUT2D eigenvalue weighted by molar-refractivity contribution is 5.95. The number of anilines is 1. The van der Waals surface area contributed by atoms with Gasteiger partial charge >= 0.3 is 6.18 Å². The number of alkyl halides is 3. The number of benzene rings is 2. The maximum Gasteiger partial charge on any atom is 0.422 e. The zero-order valence-electron chi connectivity index (χ0n) is 16.1. The lowest BCUT2D eigenvalue weighted by Gasteiger charge is -2.15. The highest BCUT2D eigenvalue weighted by Crippen LogP contribution is 2.22. The first-order chi connectivity index (χ1) is 14.3. The van der Waals surface area contributed by atoms with E-state index in [1.165, 1.54) is 17.0 Å². The van der Waals surface area contributed by atoms with Crippen molar-refractivity contribution >= 4 is 17.5 Å². The molecule has 9 heteroatoms. The average Bonchev–Trinajstić information content (AvgIpc) is 3.09. The fourth-order valence-electron chi connectivity index (χ4n) is 2.97. The van der Waals surface area contributed by atoms with Crippen LogP contribution in [0.15, 0.2) is 48.5 Å². The van der Waals surface area contributed by atoms with Crippen LogP contribution in [0.25, 0.3) is 0 Å². The molecular weight excluding hydrogens is 401 g/mol. The summed E-state index contributed by atoms with van der Waals surface area (Å²) in [5.74, 6) is 0.262. The Labute approximate surface area is 171 Å². The lowest BCUT2D eigenvalue weighted by atomic mass is 10.2. The predicted molar refractivity (Wildman–Crippen MR) is 103 cm³/mol. The average molecular weight is 422 g/mol. The zero-order valence-corrected chi connectivity index (χ0v) is 16.1. The van der Waals surface area contributed by atoms with Crippen LogP contribution in [0.2, 0.25) is 0 Å². The van der Waals surface area contributed by atoms with Gasteiger partial charge in [0.05, 0.1) is 6.54 Å². The van der Waals surface area contributed by atoms with Crippen molar-refractivity contribution in [1.82, 2.24) is 4.90 Å². The molecule has 2 aromatic rings. The number of carbonyl (C=O) groups is 2. The predicted octanol–water partition coefficient (Wildman–Crippen LogP) is 3.77. The lowest BCUT2D eigenvalue weighted by molar-refractivity contribution is -0.153. The molecule has 0 bridgehead atoms. The van der Waals surface area contributed by atoms with Crippen LogP contribution in [0.1, 0.15) is 18.4 Å². The number of ether oxygens (including phenoxy) is 2. The van der Waals surface area contributed by atoms with Gasteiger partial charge in [-0.25, -0.2) is 0 Å². The van der Waals surface area contributed by atoms with Gasteiger partial charge in [0, 0.05) is 24.7 Å². The standard InChI is InChI=1S/C21H21F3N2O4/c22-21(23,24)14-30-17-6-1-4-15(10-17)13-29-18-7-2-5-16(11-18)25-19(27)12-26-9-3-8-20(26)28/h1-2,4-7,10-11H,3,8-9,12-14H2,(H,25,27). The summed E-state index contributed by atoms with van der Waals surface area (Å²) in [4.78, 5) is 25.3. The van der Waals surface area contributed by atoms with Crippen molar-refractivity contribution in [2.24, 2.45) is 0 Å². The van der Waals surface area contributed by atoms with Crippen molar-refractivity contribution in [3.05, 3.63) is 54.1 Å². The minimum absolute atomic E-state index is 0.00857. The fourth-order valence-corrected chi connectivity index (χ4v) is 2.97. The Kier molecular flexibility index (Phi) is 6.81. The van der Waals surface area contributed by atoms with Gasteiger partial charge in [-0.3, -0.25) is 9.59 Å². The Morgan fingerprint density at radius 2 is 1.80 bits per heavy atom. The van der Waals surface area contributed by atoms with Crippen LogP contribution >= 0.6 is 0 Å².